The third-order valence-corrected chi connectivity index (χ3v) is 5.80. The second-order valence-corrected chi connectivity index (χ2v) is 7.73. The van der Waals surface area contributed by atoms with Crippen LogP contribution < -0.4 is 4.74 Å². The van der Waals surface area contributed by atoms with E-state index in [1.54, 1.807) is 13.3 Å². The Hall–Kier alpha value is -3.09. The zero-order valence-electron chi connectivity index (χ0n) is 17.8. The average molecular weight is 409 g/mol. The summed E-state index contributed by atoms with van der Waals surface area (Å²) in [7, 11) is 1.66. The molecular formula is C23H28N4O3. The van der Waals surface area contributed by atoms with Gasteiger partial charge in [0.05, 0.1) is 13.3 Å². The third-order valence-electron chi connectivity index (χ3n) is 5.80. The van der Waals surface area contributed by atoms with Crippen LogP contribution in [0, 0.1) is 6.92 Å². The number of piperidine rings is 1. The zero-order valence-corrected chi connectivity index (χ0v) is 17.8. The molecule has 0 saturated carbocycles. The van der Waals surface area contributed by atoms with Crippen molar-refractivity contribution >= 4 is 5.91 Å². The van der Waals surface area contributed by atoms with Crippen LogP contribution in [0.15, 0.2) is 34.9 Å². The molecule has 3 heterocycles. The summed E-state index contributed by atoms with van der Waals surface area (Å²) in [4.78, 5) is 19.7. The van der Waals surface area contributed by atoms with Crippen molar-refractivity contribution in [3.63, 3.8) is 0 Å². The predicted octanol–water partition coefficient (Wildman–Crippen LogP) is 4.24. The number of aromatic amines is 1. The van der Waals surface area contributed by atoms with E-state index in [1.165, 1.54) is 0 Å². The maximum absolute atomic E-state index is 13.3. The Labute approximate surface area is 176 Å². The average Bonchev–Trinajstić information content (AvgIpc) is 3.39. The summed E-state index contributed by atoms with van der Waals surface area (Å²) in [5.74, 6) is 2.14. The molecule has 158 valence electrons. The van der Waals surface area contributed by atoms with Crippen LogP contribution in [0.2, 0.25) is 0 Å². The number of hydrogen-bond acceptors (Lipinski definition) is 5. The number of carbonyl (C=O) groups is 1. The topological polar surface area (TPSA) is 84.2 Å². The Balaban J connectivity index is 1.54. The van der Waals surface area contributed by atoms with Crippen molar-refractivity contribution in [2.75, 3.05) is 13.7 Å². The van der Waals surface area contributed by atoms with Gasteiger partial charge in [-0.05, 0) is 50.3 Å². The molecule has 1 atom stereocenters. The van der Waals surface area contributed by atoms with Gasteiger partial charge in [-0.2, -0.15) is 5.10 Å². The molecule has 0 radical (unpaired) electrons. The summed E-state index contributed by atoms with van der Waals surface area (Å²) in [5, 5.41) is 7.28. The number of methoxy groups -OCH3 is 1. The summed E-state index contributed by atoms with van der Waals surface area (Å²) in [6.45, 7) is 4.69. The molecule has 7 nitrogen and oxygen atoms in total. The van der Waals surface area contributed by atoms with E-state index in [2.05, 4.69) is 22.1 Å². The molecule has 30 heavy (non-hydrogen) atoms. The Kier molecular flexibility index (Phi) is 5.88. The quantitative estimate of drug-likeness (QED) is 0.660. The number of ether oxygens (including phenoxy) is 1. The van der Waals surface area contributed by atoms with Crippen molar-refractivity contribution in [2.45, 2.75) is 52.0 Å². The summed E-state index contributed by atoms with van der Waals surface area (Å²) >= 11 is 0. The number of oxazole rings is 1. The van der Waals surface area contributed by atoms with Gasteiger partial charge in [0.1, 0.15) is 17.6 Å². The molecular weight excluding hydrogens is 380 g/mol. The minimum Gasteiger partial charge on any atom is -0.497 e. The van der Waals surface area contributed by atoms with Gasteiger partial charge in [-0.25, -0.2) is 4.98 Å². The molecule has 7 heteroatoms. The summed E-state index contributed by atoms with van der Waals surface area (Å²) < 4.78 is 11.4. The lowest BCUT2D eigenvalue weighted by Gasteiger charge is -2.33. The van der Waals surface area contributed by atoms with Crippen LogP contribution in [0.4, 0.5) is 0 Å². The van der Waals surface area contributed by atoms with Crippen molar-refractivity contribution in [3.05, 3.63) is 64.6 Å². The first-order chi connectivity index (χ1) is 14.6. The van der Waals surface area contributed by atoms with Crippen LogP contribution in [-0.2, 0) is 12.8 Å². The molecule has 1 amide bonds. The maximum atomic E-state index is 13.3. The van der Waals surface area contributed by atoms with Crippen LogP contribution in [-0.4, -0.2) is 39.6 Å². The van der Waals surface area contributed by atoms with E-state index in [1.807, 2.05) is 36.1 Å². The SMILES string of the molecule is CCc1[nH]nc(C(=O)N2CCCC[C@@H]2c2ncc(Cc3cccc(OC)c3)o2)c1C. The van der Waals surface area contributed by atoms with E-state index >= 15 is 0 Å². The van der Waals surface area contributed by atoms with Gasteiger partial charge >= 0.3 is 0 Å². The Morgan fingerprint density at radius 3 is 3.00 bits per heavy atom. The van der Waals surface area contributed by atoms with E-state index in [-0.39, 0.29) is 11.9 Å². The monoisotopic (exact) mass is 408 g/mol. The van der Waals surface area contributed by atoms with Gasteiger partial charge in [-0.1, -0.05) is 19.1 Å². The molecule has 1 fully saturated rings. The second kappa shape index (κ2) is 8.73. The lowest BCUT2D eigenvalue weighted by molar-refractivity contribution is 0.0563. The number of hydrogen-bond donors (Lipinski definition) is 1. The van der Waals surface area contributed by atoms with Gasteiger partial charge in [0.2, 0.25) is 5.89 Å². The van der Waals surface area contributed by atoms with Gasteiger partial charge in [-0.15, -0.1) is 0 Å². The molecule has 0 aliphatic carbocycles. The molecule has 1 aliphatic rings. The number of rotatable bonds is 6. The first-order valence-electron chi connectivity index (χ1n) is 10.5. The molecule has 0 bridgehead atoms. The first kappa shape index (κ1) is 20.2. The Bertz CT molecular complexity index is 1020. The van der Waals surface area contributed by atoms with Gasteiger partial charge < -0.3 is 14.1 Å². The Morgan fingerprint density at radius 1 is 1.37 bits per heavy atom. The minimum absolute atomic E-state index is 0.0549. The zero-order chi connectivity index (χ0) is 21.1. The number of amides is 1. The molecule has 1 N–H and O–H groups in total. The van der Waals surface area contributed by atoms with Crippen molar-refractivity contribution in [2.24, 2.45) is 0 Å². The lowest BCUT2D eigenvalue weighted by atomic mass is 10.0. The number of carbonyl (C=O) groups excluding carboxylic acids is 1. The fourth-order valence-electron chi connectivity index (χ4n) is 4.10. The minimum atomic E-state index is -0.161. The highest BCUT2D eigenvalue weighted by molar-refractivity contribution is 5.94. The van der Waals surface area contributed by atoms with Gasteiger partial charge in [0.15, 0.2) is 5.69 Å². The fourth-order valence-corrected chi connectivity index (χ4v) is 4.10. The lowest BCUT2D eigenvalue weighted by Crippen LogP contribution is -2.39. The van der Waals surface area contributed by atoms with Crippen LogP contribution in [0.25, 0.3) is 0 Å². The number of H-pyrrole nitrogens is 1. The fraction of sp³-hybridized carbons (Fsp3) is 0.435. The standard InChI is InChI=1S/C23H28N4O3/c1-4-19-15(2)21(26-25-19)23(28)27-11-6-5-10-20(27)22-24-14-18(30-22)13-16-8-7-9-17(12-16)29-3/h7-9,12,14,20H,4-6,10-11,13H2,1-3H3,(H,25,26)/t20-/m1/s1. The normalized spacial score (nSPS) is 16.6. The van der Waals surface area contributed by atoms with E-state index in [0.717, 1.165) is 54.0 Å². The summed E-state index contributed by atoms with van der Waals surface area (Å²) in [5.41, 5.74) is 3.52. The maximum Gasteiger partial charge on any atom is 0.275 e. The number of aryl methyl sites for hydroxylation is 1. The van der Waals surface area contributed by atoms with Crippen molar-refractivity contribution in [1.29, 1.82) is 0 Å². The van der Waals surface area contributed by atoms with E-state index in [9.17, 15) is 4.79 Å². The number of nitrogens with zero attached hydrogens (tertiary/aromatic N) is 3. The molecule has 3 aromatic rings. The van der Waals surface area contributed by atoms with Crippen molar-refractivity contribution in [3.8, 4) is 5.75 Å². The largest absolute Gasteiger partial charge is 0.497 e. The molecule has 4 rings (SSSR count). The summed E-state index contributed by atoms with van der Waals surface area (Å²) in [6.07, 6.45) is 6.08. The van der Waals surface area contributed by atoms with Crippen molar-refractivity contribution in [1.82, 2.24) is 20.1 Å². The predicted molar refractivity (Wildman–Crippen MR) is 113 cm³/mol. The molecule has 0 spiro atoms. The van der Waals surface area contributed by atoms with Gasteiger partial charge in [0.25, 0.3) is 5.91 Å². The third kappa shape index (κ3) is 3.97. The number of likely N-dealkylation sites (tertiary alicyclic amines) is 1. The van der Waals surface area contributed by atoms with E-state index < -0.39 is 0 Å². The van der Waals surface area contributed by atoms with Gasteiger partial charge in [0, 0.05) is 24.2 Å². The van der Waals surface area contributed by atoms with Gasteiger partial charge in [-0.3, -0.25) is 9.89 Å². The highest BCUT2D eigenvalue weighted by Crippen LogP contribution is 2.32. The molecule has 1 aromatic carbocycles. The van der Waals surface area contributed by atoms with E-state index in [0.29, 0.717) is 24.6 Å². The van der Waals surface area contributed by atoms with Crippen molar-refractivity contribution < 1.29 is 13.9 Å². The van der Waals surface area contributed by atoms with Crippen LogP contribution in [0.5, 0.6) is 5.75 Å². The van der Waals surface area contributed by atoms with E-state index in [4.69, 9.17) is 9.15 Å². The highest BCUT2D eigenvalue weighted by atomic mass is 16.5. The molecule has 0 unspecified atom stereocenters. The molecule has 1 aliphatic heterocycles. The highest BCUT2D eigenvalue weighted by Gasteiger charge is 2.33. The number of aromatic nitrogens is 3. The smallest absolute Gasteiger partial charge is 0.275 e. The number of benzene rings is 1. The Morgan fingerprint density at radius 2 is 2.23 bits per heavy atom. The molecule has 1 saturated heterocycles. The molecule has 2 aromatic heterocycles. The van der Waals surface area contributed by atoms with Crippen LogP contribution in [0.1, 0.15) is 71.2 Å². The first-order valence-corrected chi connectivity index (χ1v) is 10.5. The summed E-state index contributed by atoms with van der Waals surface area (Å²) in [6, 6.07) is 7.74. The number of nitrogens with one attached hydrogen (secondary N) is 1. The second-order valence-electron chi connectivity index (χ2n) is 7.73. The van der Waals surface area contributed by atoms with Crippen LogP contribution in [0.3, 0.4) is 0 Å². The van der Waals surface area contributed by atoms with Crippen LogP contribution >= 0.6 is 0 Å².